The number of carboxylic acid groups (broad SMARTS) is 1. The van der Waals surface area contributed by atoms with E-state index in [9.17, 15) is 9.59 Å². The van der Waals surface area contributed by atoms with E-state index in [1.165, 1.54) is 5.56 Å². The molecule has 5 heteroatoms. The molecule has 1 saturated carbocycles. The Balaban J connectivity index is 1.80. The molecule has 1 aliphatic rings. The monoisotopic (exact) mass is 305 g/mol. The van der Waals surface area contributed by atoms with Gasteiger partial charge < -0.3 is 15.2 Å². The van der Waals surface area contributed by atoms with Crippen molar-refractivity contribution in [2.24, 2.45) is 5.41 Å². The van der Waals surface area contributed by atoms with Crippen LogP contribution in [0.2, 0.25) is 0 Å². The maximum Gasteiger partial charge on any atom is 0.319 e. The molecule has 2 rings (SSSR count). The molecule has 0 aliphatic heterocycles. The second-order valence-electron chi connectivity index (χ2n) is 6.77. The predicted molar refractivity (Wildman–Crippen MR) is 82.9 cm³/mol. The van der Waals surface area contributed by atoms with Gasteiger partial charge in [0.1, 0.15) is 17.8 Å². The molecule has 120 valence electrons. The lowest BCUT2D eigenvalue weighted by Gasteiger charge is -2.19. The number of carbonyl (C=O) groups excluding carboxylic acids is 1. The lowest BCUT2D eigenvalue weighted by atomic mass is 9.87. The van der Waals surface area contributed by atoms with Crippen LogP contribution in [-0.4, -0.2) is 30.1 Å². The van der Waals surface area contributed by atoms with Crippen LogP contribution in [0.5, 0.6) is 5.75 Å². The van der Waals surface area contributed by atoms with E-state index in [4.69, 9.17) is 9.84 Å². The maximum atomic E-state index is 11.8. The van der Waals surface area contributed by atoms with Gasteiger partial charge in [-0.25, -0.2) is 0 Å². The maximum absolute atomic E-state index is 11.8. The van der Waals surface area contributed by atoms with Crippen LogP contribution in [0.3, 0.4) is 0 Å². The summed E-state index contributed by atoms with van der Waals surface area (Å²) >= 11 is 0. The van der Waals surface area contributed by atoms with Gasteiger partial charge in [-0.2, -0.15) is 0 Å². The van der Waals surface area contributed by atoms with E-state index in [0.717, 1.165) is 5.75 Å². The average Bonchev–Trinajstić information content (AvgIpc) is 3.24. The molecule has 0 unspecified atom stereocenters. The third-order valence-corrected chi connectivity index (χ3v) is 3.95. The summed E-state index contributed by atoms with van der Waals surface area (Å²) in [5.74, 6) is -0.697. The van der Waals surface area contributed by atoms with Crippen molar-refractivity contribution in [3.8, 4) is 5.75 Å². The van der Waals surface area contributed by atoms with E-state index < -0.39 is 17.3 Å². The lowest BCUT2D eigenvalue weighted by molar-refractivity contribution is -0.149. The molecular weight excluding hydrogens is 282 g/mol. The quantitative estimate of drug-likeness (QED) is 0.625. The smallest absolute Gasteiger partial charge is 0.319 e. The molecule has 2 N–H and O–H groups in total. The molecule has 0 atom stereocenters. The fraction of sp³-hybridized carbons (Fsp3) is 0.529. The molecular formula is C17H23NO4. The predicted octanol–water partition coefficient (Wildman–Crippen LogP) is 2.34. The summed E-state index contributed by atoms with van der Waals surface area (Å²) in [7, 11) is 0. The molecule has 0 bridgehead atoms. The van der Waals surface area contributed by atoms with Gasteiger partial charge in [0.25, 0.3) is 0 Å². The van der Waals surface area contributed by atoms with Crippen LogP contribution in [0.4, 0.5) is 0 Å². The minimum atomic E-state index is -1.19. The molecule has 22 heavy (non-hydrogen) atoms. The van der Waals surface area contributed by atoms with Crippen molar-refractivity contribution in [2.75, 3.05) is 13.2 Å². The Bertz CT molecular complexity index is 570. The van der Waals surface area contributed by atoms with Gasteiger partial charge in [-0.1, -0.05) is 32.9 Å². The molecule has 0 radical (unpaired) electrons. The van der Waals surface area contributed by atoms with E-state index >= 15 is 0 Å². The standard InChI is InChI=1S/C17H23NO4/c1-16(2,3)12-5-4-6-13(11-12)22-10-9-18-14(19)17(7-8-17)15(20)21/h4-6,11H,7-10H2,1-3H3,(H,18,19)(H,20,21). The number of nitrogens with one attached hydrogen (secondary N) is 1. The van der Waals surface area contributed by atoms with Crippen molar-refractivity contribution in [3.63, 3.8) is 0 Å². The van der Waals surface area contributed by atoms with Crippen molar-refractivity contribution in [1.82, 2.24) is 5.32 Å². The zero-order valence-electron chi connectivity index (χ0n) is 13.3. The van der Waals surface area contributed by atoms with Crippen LogP contribution in [0.1, 0.15) is 39.2 Å². The van der Waals surface area contributed by atoms with Crippen LogP contribution in [-0.2, 0) is 15.0 Å². The summed E-state index contributed by atoms with van der Waals surface area (Å²) in [6.07, 6.45) is 0.839. The molecule has 1 aromatic carbocycles. The second kappa shape index (κ2) is 5.99. The van der Waals surface area contributed by atoms with Gasteiger partial charge in [-0.15, -0.1) is 0 Å². The van der Waals surface area contributed by atoms with Gasteiger partial charge in [0, 0.05) is 0 Å². The largest absolute Gasteiger partial charge is 0.492 e. The number of benzene rings is 1. The fourth-order valence-corrected chi connectivity index (χ4v) is 2.22. The summed E-state index contributed by atoms with van der Waals surface area (Å²) in [5, 5.41) is 11.7. The first-order chi connectivity index (χ1) is 10.3. The molecule has 0 saturated heterocycles. The fourth-order valence-electron chi connectivity index (χ4n) is 2.22. The molecule has 0 heterocycles. The van der Waals surface area contributed by atoms with Crippen molar-refractivity contribution in [2.45, 2.75) is 39.0 Å². The number of hydrogen-bond donors (Lipinski definition) is 2. The number of carbonyl (C=O) groups is 2. The number of amides is 1. The van der Waals surface area contributed by atoms with E-state index in [-0.39, 0.29) is 5.41 Å². The first-order valence-corrected chi connectivity index (χ1v) is 7.51. The van der Waals surface area contributed by atoms with Gasteiger partial charge in [0.2, 0.25) is 5.91 Å². The Morgan fingerprint density at radius 2 is 2.00 bits per heavy atom. The van der Waals surface area contributed by atoms with Crippen molar-refractivity contribution in [1.29, 1.82) is 0 Å². The van der Waals surface area contributed by atoms with Gasteiger partial charge in [-0.05, 0) is 36.0 Å². The van der Waals surface area contributed by atoms with Gasteiger partial charge in [0.15, 0.2) is 0 Å². The topological polar surface area (TPSA) is 75.6 Å². The molecule has 0 spiro atoms. The van der Waals surface area contributed by atoms with Crippen molar-refractivity contribution in [3.05, 3.63) is 29.8 Å². The molecule has 1 fully saturated rings. The zero-order valence-corrected chi connectivity index (χ0v) is 13.3. The molecule has 1 aromatic rings. The summed E-state index contributed by atoms with van der Waals surface area (Å²) in [4.78, 5) is 22.8. The van der Waals surface area contributed by atoms with Gasteiger partial charge in [-0.3, -0.25) is 9.59 Å². The number of ether oxygens (including phenoxy) is 1. The Kier molecular flexibility index (Phi) is 4.44. The third kappa shape index (κ3) is 3.59. The molecule has 1 amide bonds. The van der Waals surface area contributed by atoms with E-state index in [2.05, 4.69) is 32.2 Å². The number of rotatable bonds is 6. The van der Waals surface area contributed by atoms with Crippen LogP contribution in [0.25, 0.3) is 0 Å². The molecule has 5 nitrogen and oxygen atoms in total. The summed E-state index contributed by atoms with van der Waals surface area (Å²) in [6.45, 7) is 7.01. The Labute approximate surface area is 130 Å². The Hall–Kier alpha value is -2.04. The lowest BCUT2D eigenvalue weighted by Crippen LogP contribution is -2.38. The van der Waals surface area contributed by atoms with Crippen LogP contribution in [0, 0.1) is 5.41 Å². The van der Waals surface area contributed by atoms with Crippen LogP contribution < -0.4 is 10.1 Å². The zero-order chi connectivity index (χ0) is 16.4. The highest BCUT2D eigenvalue weighted by Crippen LogP contribution is 2.45. The van der Waals surface area contributed by atoms with E-state index in [0.29, 0.717) is 26.0 Å². The van der Waals surface area contributed by atoms with E-state index in [1.807, 2.05) is 18.2 Å². The first-order valence-electron chi connectivity index (χ1n) is 7.51. The first kappa shape index (κ1) is 16.3. The highest BCUT2D eigenvalue weighted by Gasteiger charge is 2.56. The number of carboxylic acids is 1. The number of hydrogen-bond acceptors (Lipinski definition) is 3. The Morgan fingerprint density at radius 1 is 1.32 bits per heavy atom. The highest BCUT2D eigenvalue weighted by molar-refractivity contribution is 6.04. The summed E-state index contributed by atoms with van der Waals surface area (Å²) < 4.78 is 5.62. The number of aliphatic carboxylic acids is 1. The Morgan fingerprint density at radius 3 is 2.55 bits per heavy atom. The third-order valence-electron chi connectivity index (χ3n) is 3.95. The normalized spacial score (nSPS) is 16.0. The van der Waals surface area contributed by atoms with E-state index in [1.54, 1.807) is 0 Å². The van der Waals surface area contributed by atoms with Crippen molar-refractivity contribution >= 4 is 11.9 Å². The summed E-state index contributed by atoms with van der Waals surface area (Å²) in [5.41, 5.74) is 0.0383. The van der Waals surface area contributed by atoms with Gasteiger partial charge >= 0.3 is 5.97 Å². The minimum absolute atomic E-state index is 0.0490. The minimum Gasteiger partial charge on any atom is -0.492 e. The van der Waals surface area contributed by atoms with Crippen LogP contribution in [0.15, 0.2) is 24.3 Å². The molecule has 1 aliphatic carbocycles. The van der Waals surface area contributed by atoms with Gasteiger partial charge in [0.05, 0.1) is 6.54 Å². The average molecular weight is 305 g/mol. The SMILES string of the molecule is CC(C)(C)c1cccc(OCCNC(=O)C2(C(=O)O)CC2)c1. The highest BCUT2D eigenvalue weighted by atomic mass is 16.5. The second-order valence-corrected chi connectivity index (χ2v) is 6.77. The van der Waals surface area contributed by atoms with Crippen molar-refractivity contribution < 1.29 is 19.4 Å². The van der Waals surface area contributed by atoms with Crippen LogP contribution >= 0.6 is 0 Å². The summed E-state index contributed by atoms with van der Waals surface area (Å²) in [6, 6.07) is 7.86. The molecule has 0 aromatic heterocycles.